The number of carboxylic acids is 1. The van der Waals surface area contributed by atoms with Crippen molar-refractivity contribution in [2.45, 2.75) is 122 Å². The average Bonchev–Trinajstić information content (AvgIpc) is 3.03. The van der Waals surface area contributed by atoms with Crippen LogP contribution in [0.5, 0.6) is 5.75 Å². The highest BCUT2D eigenvalue weighted by molar-refractivity contribution is 6.01. The number of carboxylic acid groups (broad SMARTS) is 1. The van der Waals surface area contributed by atoms with Crippen molar-refractivity contribution < 1.29 is 29.4 Å². The van der Waals surface area contributed by atoms with Crippen molar-refractivity contribution in [2.24, 2.45) is 28.4 Å². The summed E-state index contributed by atoms with van der Waals surface area (Å²) < 4.78 is 0. The summed E-state index contributed by atoms with van der Waals surface area (Å²) in [5, 5.41) is 25.2. The van der Waals surface area contributed by atoms with Crippen LogP contribution in [0.25, 0.3) is 0 Å². The van der Waals surface area contributed by atoms with Crippen molar-refractivity contribution in [3.05, 3.63) is 58.7 Å². The second-order valence-corrected chi connectivity index (χ2v) is 16.1. The van der Waals surface area contributed by atoms with E-state index in [1.807, 2.05) is 44.2 Å². The predicted octanol–water partition coefficient (Wildman–Crippen LogP) is 5.89. The van der Waals surface area contributed by atoms with Crippen molar-refractivity contribution >= 4 is 29.4 Å². The third-order valence-electron chi connectivity index (χ3n) is 13.2. The highest BCUT2D eigenvalue weighted by atomic mass is 16.4. The van der Waals surface area contributed by atoms with E-state index in [1.54, 1.807) is 6.07 Å². The number of phenols is 1. The first kappa shape index (κ1) is 34.2. The van der Waals surface area contributed by atoms with Crippen LogP contribution in [-0.2, 0) is 42.8 Å². The Hall–Kier alpha value is -3.72. The highest BCUT2D eigenvalue weighted by Crippen LogP contribution is 2.59. The van der Waals surface area contributed by atoms with E-state index in [4.69, 9.17) is 10.8 Å². The molecule has 1 unspecified atom stereocenters. The summed E-state index contributed by atoms with van der Waals surface area (Å²) in [7, 11) is 0. The van der Waals surface area contributed by atoms with Crippen LogP contribution in [-0.4, -0.2) is 39.9 Å². The van der Waals surface area contributed by atoms with Crippen LogP contribution in [0.3, 0.4) is 0 Å². The van der Waals surface area contributed by atoms with E-state index in [-0.39, 0.29) is 53.1 Å². The number of fused-ring (bicyclic) bond motifs is 6. The van der Waals surface area contributed by atoms with Crippen LogP contribution in [0, 0.1) is 22.7 Å². The van der Waals surface area contributed by atoms with Gasteiger partial charge in [0.25, 0.3) is 0 Å². The Morgan fingerprint density at radius 3 is 1.88 bits per heavy atom. The summed E-state index contributed by atoms with van der Waals surface area (Å²) in [5.41, 5.74) is 9.20. The molecule has 0 spiro atoms. The number of carbonyl (C=O) groups is 4. The predicted molar refractivity (Wildman–Crippen MR) is 183 cm³/mol. The van der Waals surface area contributed by atoms with Crippen LogP contribution >= 0.6 is 0 Å². The third-order valence-corrected chi connectivity index (χ3v) is 13.2. The molecule has 0 aromatic heterocycles. The molecule has 48 heavy (non-hydrogen) atoms. The number of nitrogens with two attached hydrogens (primary N) is 1. The molecule has 0 aliphatic heterocycles. The van der Waals surface area contributed by atoms with Crippen LogP contribution in [0.1, 0.15) is 114 Å². The van der Waals surface area contributed by atoms with Crippen molar-refractivity contribution in [1.29, 1.82) is 0 Å². The minimum absolute atomic E-state index is 0.00298. The molecular weight excluding hydrogens is 606 g/mol. The molecule has 0 saturated heterocycles. The average molecular weight is 658 g/mol. The molecule has 4 aliphatic carbocycles. The smallest absolute Gasteiger partial charge is 0.303 e. The van der Waals surface area contributed by atoms with E-state index in [0.29, 0.717) is 12.1 Å². The Morgan fingerprint density at radius 2 is 1.33 bits per heavy atom. The lowest BCUT2D eigenvalue weighted by Crippen LogP contribution is -2.60. The minimum Gasteiger partial charge on any atom is -0.508 e. The molecule has 258 valence electrons. The van der Waals surface area contributed by atoms with Crippen molar-refractivity contribution in [1.82, 2.24) is 5.32 Å². The molecule has 0 heterocycles. The molecule has 6 N–H and O–H groups in total. The van der Waals surface area contributed by atoms with Crippen molar-refractivity contribution in [2.75, 3.05) is 5.32 Å². The lowest BCUT2D eigenvalue weighted by Gasteiger charge is -2.56. The Balaban J connectivity index is 1.22. The molecule has 7 atom stereocenters. The number of amides is 3. The van der Waals surface area contributed by atoms with Gasteiger partial charge in [-0.2, -0.15) is 0 Å². The molecule has 2 aromatic carbocycles. The Labute approximate surface area is 283 Å². The fraction of sp³-hybridized carbons (Fsp3) is 0.590. The molecule has 2 aromatic rings. The van der Waals surface area contributed by atoms with E-state index in [2.05, 4.69) is 24.5 Å². The van der Waals surface area contributed by atoms with E-state index in [9.17, 15) is 24.3 Å². The lowest BCUT2D eigenvalue weighted by atomic mass is 9.49. The quantitative estimate of drug-likeness (QED) is 0.232. The van der Waals surface area contributed by atoms with Gasteiger partial charge in [-0.05, 0) is 127 Å². The standard InChI is InChI=1S/C39H51N3O6/c1-36-17-5-19-38(3,30(36)14-9-23-7-11-25(21-27(23)36)41-33(46)29(40)13-16-32(44)45)34(47)42-35(48)39(4)20-6-18-37(2)28-22-26(43)12-8-24(28)10-15-31(37)39/h7-8,11-12,21-22,29-31,43H,5-6,9-10,13-20,40H2,1-4H3,(H,41,46)(H,44,45)(H,42,47,48)/t29-,30?,31+,36+,37+,38-,39-/m0/s1. The van der Waals surface area contributed by atoms with Gasteiger partial charge >= 0.3 is 5.97 Å². The van der Waals surface area contributed by atoms with Gasteiger partial charge in [0.05, 0.1) is 16.9 Å². The van der Waals surface area contributed by atoms with Gasteiger partial charge in [0.1, 0.15) is 5.75 Å². The van der Waals surface area contributed by atoms with E-state index in [1.165, 1.54) is 11.1 Å². The topological polar surface area (TPSA) is 159 Å². The number of phenolic OH excluding ortho intramolecular Hbond substituents is 1. The van der Waals surface area contributed by atoms with Crippen molar-refractivity contribution in [3.8, 4) is 5.75 Å². The maximum Gasteiger partial charge on any atom is 0.303 e. The number of rotatable bonds is 7. The van der Waals surface area contributed by atoms with Gasteiger partial charge in [-0.15, -0.1) is 0 Å². The van der Waals surface area contributed by atoms with Gasteiger partial charge in [0, 0.05) is 12.1 Å². The van der Waals surface area contributed by atoms with Gasteiger partial charge in [-0.3, -0.25) is 24.5 Å². The lowest BCUT2D eigenvalue weighted by molar-refractivity contribution is -0.150. The number of aromatic hydroxyl groups is 1. The summed E-state index contributed by atoms with van der Waals surface area (Å²) in [6.07, 6.45) is 8.16. The number of nitrogens with one attached hydrogen (secondary N) is 2. The van der Waals surface area contributed by atoms with E-state index < -0.39 is 28.7 Å². The minimum atomic E-state index is -0.996. The number of hydrogen-bond acceptors (Lipinski definition) is 6. The Bertz CT molecular complexity index is 1660. The second kappa shape index (κ2) is 12.3. The number of aliphatic carboxylic acids is 1. The van der Waals surface area contributed by atoms with Crippen LogP contribution in [0.4, 0.5) is 5.69 Å². The zero-order valence-electron chi connectivity index (χ0n) is 28.8. The van der Waals surface area contributed by atoms with Gasteiger partial charge < -0.3 is 21.3 Å². The first-order valence-electron chi connectivity index (χ1n) is 17.7. The summed E-state index contributed by atoms with van der Waals surface area (Å²) in [5.74, 6) is -1.49. The van der Waals surface area contributed by atoms with Gasteiger partial charge in [0.2, 0.25) is 17.7 Å². The summed E-state index contributed by atoms with van der Waals surface area (Å²) in [6.45, 7) is 8.52. The van der Waals surface area contributed by atoms with Gasteiger partial charge in [-0.1, -0.05) is 52.7 Å². The molecule has 6 rings (SSSR count). The number of benzene rings is 2. The van der Waals surface area contributed by atoms with Gasteiger partial charge in [0.15, 0.2) is 0 Å². The fourth-order valence-electron chi connectivity index (χ4n) is 10.6. The molecule has 0 radical (unpaired) electrons. The summed E-state index contributed by atoms with van der Waals surface area (Å²) >= 11 is 0. The molecule has 0 bridgehead atoms. The largest absolute Gasteiger partial charge is 0.508 e. The van der Waals surface area contributed by atoms with E-state index in [0.717, 1.165) is 68.9 Å². The zero-order valence-corrected chi connectivity index (χ0v) is 28.8. The first-order chi connectivity index (χ1) is 22.6. The number of aryl methyl sites for hydroxylation is 2. The number of imide groups is 1. The number of carbonyl (C=O) groups excluding carboxylic acids is 3. The molecule has 9 heteroatoms. The van der Waals surface area contributed by atoms with Crippen molar-refractivity contribution in [3.63, 3.8) is 0 Å². The maximum atomic E-state index is 14.4. The number of anilines is 1. The van der Waals surface area contributed by atoms with Crippen LogP contribution in [0.15, 0.2) is 36.4 Å². The normalized spacial score (nSPS) is 32.8. The maximum absolute atomic E-state index is 14.4. The SMILES string of the molecule is C[C@]1(C(=O)NC(=O)[C@@]2(C)CCC[C@]3(C)c4cc(O)ccc4CC[C@@H]23)CCC[C@]2(C)c3cc(NC(=O)[C@@H](N)CCC(=O)O)ccc3CCC12. The Kier molecular flexibility index (Phi) is 8.76. The second-order valence-electron chi connectivity index (χ2n) is 16.1. The summed E-state index contributed by atoms with van der Waals surface area (Å²) in [6, 6.07) is 10.6. The van der Waals surface area contributed by atoms with Crippen LogP contribution < -0.4 is 16.4 Å². The molecule has 3 amide bonds. The first-order valence-corrected chi connectivity index (χ1v) is 17.7. The van der Waals surface area contributed by atoms with Crippen LogP contribution in [0.2, 0.25) is 0 Å². The number of hydrogen-bond donors (Lipinski definition) is 5. The molecule has 4 aliphatic rings. The molecular formula is C39H51N3O6. The molecule has 2 fully saturated rings. The zero-order chi connectivity index (χ0) is 34.6. The molecule has 9 nitrogen and oxygen atoms in total. The third kappa shape index (κ3) is 5.61. The van der Waals surface area contributed by atoms with E-state index >= 15 is 0 Å². The fourth-order valence-corrected chi connectivity index (χ4v) is 10.6. The monoisotopic (exact) mass is 657 g/mol. The molecule has 2 saturated carbocycles. The highest BCUT2D eigenvalue weighted by Gasteiger charge is 2.58. The summed E-state index contributed by atoms with van der Waals surface area (Å²) in [4.78, 5) is 52.5. The Morgan fingerprint density at radius 1 is 0.812 bits per heavy atom. The van der Waals surface area contributed by atoms with Gasteiger partial charge in [-0.25, -0.2) is 0 Å².